The van der Waals surface area contributed by atoms with E-state index in [4.69, 9.17) is 14.2 Å². The van der Waals surface area contributed by atoms with Crippen molar-refractivity contribution in [1.29, 1.82) is 0 Å². The molecule has 6 heteroatoms. The first-order chi connectivity index (χ1) is 29.5. The van der Waals surface area contributed by atoms with Crippen LogP contribution in [0.2, 0.25) is 0 Å². The van der Waals surface area contributed by atoms with Crippen LogP contribution >= 0.6 is 0 Å². The van der Waals surface area contributed by atoms with E-state index in [2.05, 4.69) is 81.5 Å². The highest BCUT2D eigenvalue weighted by Crippen LogP contribution is 2.11. The number of carbonyl (C=O) groups is 3. The fraction of sp³-hybridized carbons (Fsp3) is 0.537. The van der Waals surface area contributed by atoms with E-state index in [1.54, 1.807) is 0 Å². The quantitative estimate of drug-likeness (QED) is 0.0202. The second-order valence-electron chi connectivity index (χ2n) is 14.7. The number of ether oxygens (including phenoxy) is 3. The lowest BCUT2D eigenvalue weighted by Gasteiger charge is -2.18. The van der Waals surface area contributed by atoms with Crippen LogP contribution in [0, 0.1) is 0 Å². The Bertz CT molecular complexity index is 1370. The van der Waals surface area contributed by atoms with Crippen molar-refractivity contribution >= 4 is 17.9 Å². The van der Waals surface area contributed by atoms with Crippen molar-refractivity contribution < 1.29 is 28.6 Å². The van der Waals surface area contributed by atoms with Crippen molar-refractivity contribution in [3.63, 3.8) is 0 Å². The Morgan fingerprint density at radius 3 is 1.30 bits per heavy atom. The molecule has 0 saturated carbocycles. The molecule has 334 valence electrons. The first-order valence-electron chi connectivity index (χ1n) is 23.3. The third kappa shape index (κ3) is 44.6. The molecule has 1 atom stereocenters. The van der Waals surface area contributed by atoms with Gasteiger partial charge in [0.1, 0.15) is 13.2 Å². The van der Waals surface area contributed by atoms with Gasteiger partial charge in [-0.3, -0.25) is 14.4 Å². The molecule has 0 rings (SSSR count). The third-order valence-electron chi connectivity index (χ3n) is 9.06. The number of carbonyl (C=O) groups excluding carboxylic acids is 3. The third-order valence-corrected chi connectivity index (χ3v) is 9.06. The monoisotopic (exact) mass is 827 g/mol. The molecule has 0 fully saturated rings. The van der Waals surface area contributed by atoms with Gasteiger partial charge in [-0.1, -0.05) is 193 Å². The maximum atomic E-state index is 12.7. The molecule has 0 amide bonds. The van der Waals surface area contributed by atoms with Crippen LogP contribution in [0.3, 0.4) is 0 Å². The molecule has 0 aromatic heterocycles. The van der Waals surface area contributed by atoms with Crippen LogP contribution in [-0.2, 0) is 28.6 Å². The molecule has 0 bridgehead atoms. The fourth-order valence-corrected chi connectivity index (χ4v) is 5.62. The van der Waals surface area contributed by atoms with Crippen LogP contribution in [0.15, 0.2) is 134 Å². The van der Waals surface area contributed by atoms with Crippen LogP contribution in [0.5, 0.6) is 0 Å². The van der Waals surface area contributed by atoms with Gasteiger partial charge in [-0.15, -0.1) is 0 Å². The summed E-state index contributed by atoms with van der Waals surface area (Å²) in [6.07, 6.45) is 65.8. The second-order valence-corrected chi connectivity index (χ2v) is 14.7. The summed E-state index contributed by atoms with van der Waals surface area (Å²) in [7, 11) is 0. The smallest absolute Gasteiger partial charge is 0.306 e. The van der Waals surface area contributed by atoms with Gasteiger partial charge in [-0.2, -0.15) is 0 Å². The molecule has 0 aromatic carbocycles. The Hall–Kier alpha value is -4.45. The minimum atomic E-state index is -0.823. The molecule has 0 spiro atoms. The lowest BCUT2D eigenvalue weighted by Crippen LogP contribution is -2.30. The maximum absolute atomic E-state index is 12.7. The lowest BCUT2D eigenvalue weighted by atomic mass is 10.1. The summed E-state index contributed by atoms with van der Waals surface area (Å²) in [6, 6.07) is 0. The largest absolute Gasteiger partial charge is 0.462 e. The summed E-state index contributed by atoms with van der Waals surface area (Å²) in [6.45, 7) is 6.22. The molecule has 0 radical (unpaired) electrons. The SMILES string of the molecule is CC\C=C/C=C\C=C/C=C\C=C\C=C/C=C\CCCCCC(=O)OCC(COC(=O)CCC/C=C\CCCCCC)OC(=O)CCCCCC/C=C\C/C=C\C/C=C\CC. The van der Waals surface area contributed by atoms with Gasteiger partial charge in [0.15, 0.2) is 6.10 Å². The second kappa shape index (κ2) is 47.2. The van der Waals surface area contributed by atoms with Gasteiger partial charge >= 0.3 is 17.9 Å². The van der Waals surface area contributed by atoms with Crippen molar-refractivity contribution in [3.8, 4) is 0 Å². The first kappa shape index (κ1) is 55.5. The summed E-state index contributed by atoms with van der Waals surface area (Å²) in [5.41, 5.74) is 0. The lowest BCUT2D eigenvalue weighted by molar-refractivity contribution is -0.167. The van der Waals surface area contributed by atoms with Gasteiger partial charge < -0.3 is 14.2 Å². The minimum absolute atomic E-state index is 0.123. The van der Waals surface area contributed by atoms with Crippen molar-refractivity contribution in [1.82, 2.24) is 0 Å². The Labute approximate surface area is 366 Å². The summed E-state index contributed by atoms with van der Waals surface area (Å²) < 4.78 is 16.6. The van der Waals surface area contributed by atoms with E-state index in [9.17, 15) is 14.4 Å². The zero-order valence-corrected chi connectivity index (χ0v) is 37.9. The number of hydrogen-bond donors (Lipinski definition) is 0. The molecule has 0 aliphatic rings. The molecular weight excluding hydrogens is 745 g/mol. The average molecular weight is 827 g/mol. The Morgan fingerprint density at radius 1 is 0.367 bits per heavy atom. The Balaban J connectivity index is 4.55. The molecule has 60 heavy (non-hydrogen) atoms. The summed E-state index contributed by atoms with van der Waals surface area (Å²) in [5, 5.41) is 0. The fourth-order valence-electron chi connectivity index (χ4n) is 5.62. The van der Waals surface area contributed by atoms with Gasteiger partial charge in [0, 0.05) is 19.3 Å². The van der Waals surface area contributed by atoms with E-state index in [0.29, 0.717) is 19.3 Å². The Morgan fingerprint density at radius 2 is 0.750 bits per heavy atom. The van der Waals surface area contributed by atoms with Gasteiger partial charge in [-0.25, -0.2) is 0 Å². The van der Waals surface area contributed by atoms with Gasteiger partial charge in [0.05, 0.1) is 0 Å². The molecule has 0 saturated heterocycles. The molecule has 1 unspecified atom stereocenters. The number of unbranched alkanes of at least 4 members (excludes halogenated alkanes) is 12. The average Bonchev–Trinajstić information content (AvgIpc) is 3.24. The van der Waals surface area contributed by atoms with Gasteiger partial charge in [0.25, 0.3) is 0 Å². The number of rotatable bonds is 39. The maximum Gasteiger partial charge on any atom is 0.306 e. The predicted octanol–water partition coefficient (Wildman–Crippen LogP) is 15.1. The van der Waals surface area contributed by atoms with E-state index < -0.39 is 6.10 Å². The van der Waals surface area contributed by atoms with E-state index in [0.717, 1.165) is 89.9 Å². The standard InChI is InChI=1S/C54H82O6/c1-4-7-10-13-16-19-21-23-25-26-27-28-29-31-32-35-38-41-44-47-53(56)59-50-51(49-58-52(55)46-43-40-37-34-18-15-12-9-6-3)60-54(57)48-45-42-39-36-33-30-24-22-20-17-14-11-8-5-2/h7-8,10-11,13,16-17,19-21,23-32,34,37,51H,4-6,9,12,14-15,18,22,33,35-36,38-50H2,1-3H3/b10-7-,11-8-,16-13-,20-17-,21-19-,25-23-,27-26+,29-28-,30-24-,32-31-,37-34-. The number of allylic oxidation sites excluding steroid dienone is 22. The normalized spacial score (nSPS) is 13.3. The summed E-state index contributed by atoms with van der Waals surface area (Å²) >= 11 is 0. The first-order valence-corrected chi connectivity index (χ1v) is 23.3. The van der Waals surface area contributed by atoms with Gasteiger partial charge in [0.2, 0.25) is 0 Å². The van der Waals surface area contributed by atoms with E-state index in [1.807, 2.05) is 72.9 Å². The van der Waals surface area contributed by atoms with Crippen molar-refractivity contribution in [2.24, 2.45) is 0 Å². The molecular formula is C54H82O6. The van der Waals surface area contributed by atoms with E-state index in [1.165, 1.54) is 25.7 Å². The van der Waals surface area contributed by atoms with Crippen LogP contribution in [0.25, 0.3) is 0 Å². The van der Waals surface area contributed by atoms with Crippen LogP contribution < -0.4 is 0 Å². The molecule has 0 aliphatic heterocycles. The van der Waals surface area contributed by atoms with Crippen molar-refractivity contribution in [2.75, 3.05) is 13.2 Å². The van der Waals surface area contributed by atoms with Crippen molar-refractivity contribution in [3.05, 3.63) is 134 Å². The topological polar surface area (TPSA) is 78.9 Å². The molecule has 0 heterocycles. The predicted molar refractivity (Wildman–Crippen MR) is 256 cm³/mol. The molecule has 0 N–H and O–H groups in total. The van der Waals surface area contributed by atoms with E-state index >= 15 is 0 Å². The van der Waals surface area contributed by atoms with Crippen LogP contribution in [0.4, 0.5) is 0 Å². The minimum Gasteiger partial charge on any atom is -0.462 e. The zero-order chi connectivity index (χ0) is 43.7. The summed E-state index contributed by atoms with van der Waals surface area (Å²) in [4.78, 5) is 37.7. The summed E-state index contributed by atoms with van der Waals surface area (Å²) in [5.74, 6) is -1.04. The molecule has 6 nitrogen and oxygen atoms in total. The van der Waals surface area contributed by atoms with Crippen LogP contribution in [-0.4, -0.2) is 37.2 Å². The van der Waals surface area contributed by atoms with E-state index in [-0.39, 0.29) is 44.0 Å². The molecule has 0 aromatic rings. The highest BCUT2D eigenvalue weighted by atomic mass is 16.6. The highest BCUT2D eigenvalue weighted by molar-refractivity contribution is 5.71. The Kier molecular flexibility index (Phi) is 43.7. The number of hydrogen-bond acceptors (Lipinski definition) is 6. The van der Waals surface area contributed by atoms with Gasteiger partial charge in [-0.05, 0) is 89.9 Å². The van der Waals surface area contributed by atoms with Crippen molar-refractivity contribution in [2.45, 2.75) is 175 Å². The zero-order valence-electron chi connectivity index (χ0n) is 37.9. The molecule has 0 aliphatic carbocycles. The highest BCUT2D eigenvalue weighted by Gasteiger charge is 2.19. The van der Waals surface area contributed by atoms with Crippen LogP contribution in [0.1, 0.15) is 168 Å². The number of esters is 3.